The molecule has 8 nitrogen and oxygen atoms in total. The average molecular weight is 483 g/mol. The van der Waals surface area contributed by atoms with Gasteiger partial charge in [-0.3, -0.25) is 9.59 Å². The summed E-state index contributed by atoms with van der Waals surface area (Å²) in [5.74, 6) is 0.0472. The number of ketones is 1. The molecular formula is C27H34N2O6. The van der Waals surface area contributed by atoms with E-state index in [9.17, 15) is 14.7 Å². The summed E-state index contributed by atoms with van der Waals surface area (Å²) in [6, 6.07) is 11.4. The predicted molar refractivity (Wildman–Crippen MR) is 134 cm³/mol. The lowest BCUT2D eigenvalue weighted by Gasteiger charge is -2.27. The van der Waals surface area contributed by atoms with Crippen LogP contribution in [0, 0.1) is 0 Å². The third-order valence-corrected chi connectivity index (χ3v) is 5.63. The summed E-state index contributed by atoms with van der Waals surface area (Å²) in [6.07, 6.45) is 0. The van der Waals surface area contributed by atoms with Crippen LogP contribution in [-0.2, 0) is 9.59 Å². The summed E-state index contributed by atoms with van der Waals surface area (Å²) in [5, 5.41) is 11.3. The molecule has 188 valence electrons. The van der Waals surface area contributed by atoms with Gasteiger partial charge in [0.2, 0.25) is 0 Å². The van der Waals surface area contributed by atoms with Gasteiger partial charge in [-0.05, 0) is 64.7 Å². The van der Waals surface area contributed by atoms with Crippen LogP contribution in [0.4, 0.5) is 0 Å². The SMILES string of the molecule is CCOc1cccc(/C(O)=C2/C(=O)C(=O)N(CCN(C)C)C2c2ccc(OCC)c(OCC)c2)c1. The molecule has 1 N–H and O–H groups in total. The predicted octanol–water partition coefficient (Wildman–Crippen LogP) is 3.87. The Bertz CT molecular complexity index is 1090. The molecule has 1 fully saturated rings. The highest BCUT2D eigenvalue weighted by molar-refractivity contribution is 6.46. The number of hydrogen-bond acceptors (Lipinski definition) is 7. The van der Waals surface area contributed by atoms with Gasteiger partial charge >= 0.3 is 0 Å². The second kappa shape index (κ2) is 11.8. The van der Waals surface area contributed by atoms with Crippen molar-refractivity contribution in [2.24, 2.45) is 0 Å². The van der Waals surface area contributed by atoms with Gasteiger partial charge in [-0.15, -0.1) is 0 Å². The number of hydrogen-bond donors (Lipinski definition) is 1. The zero-order valence-electron chi connectivity index (χ0n) is 21.0. The van der Waals surface area contributed by atoms with Gasteiger partial charge in [0, 0.05) is 18.7 Å². The molecule has 1 aliphatic rings. The lowest BCUT2D eigenvalue weighted by Crippen LogP contribution is -2.35. The van der Waals surface area contributed by atoms with E-state index in [1.165, 1.54) is 4.90 Å². The Kier molecular flexibility index (Phi) is 8.76. The highest BCUT2D eigenvalue weighted by Crippen LogP contribution is 2.42. The average Bonchev–Trinajstić information content (AvgIpc) is 3.09. The molecule has 1 amide bonds. The van der Waals surface area contributed by atoms with Crippen molar-refractivity contribution < 1.29 is 28.9 Å². The number of rotatable bonds is 11. The summed E-state index contributed by atoms with van der Waals surface area (Å²) in [6.45, 7) is 7.85. The number of benzene rings is 2. The Balaban J connectivity index is 2.17. The van der Waals surface area contributed by atoms with E-state index in [0.717, 1.165) is 0 Å². The van der Waals surface area contributed by atoms with Crippen molar-refractivity contribution in [2.75, 3.05) is 47.0 Å². The number of carbonyl (C=O) groups is 2. The number of likely N-dealkylation sites (tertiary alicyclic amines) is 1. The number of aliphatic hydroxyl groups excluding tert-OH is 1. The van der Waals surface area contributed by atoms with Crippen LogP contribution in [0.15, 0.2) is 48.0 Å². The molecule has 3 rings (SSSR count). The van der Waals surface area contributed by atoms with Crippen LogP contribution in [0.3, 0.4) is 0 Å². The van der Waals surface area contributed by atoms with E-state index < -0.39 is 17.7 Å². The lowest BCUT2D eigenvalue weighted by atomic mass is 9.95. The molecule has 35 heavy (non-hydrogen) atoms. The highest BCUT2D eigenvalue weighted by atomic mass is 16.5. The summed E-state index contributed by atoms with van der Waals surface area (Å²) < 4.78 is 17.0. The van der Waals surface area contributed by atoms with E-state index in [1.54, 1.807) is 42.5 Å². The Morgan fingerprint density at radius 3 is 2.29 bits per heavy atom. The highest BCUT2D eigenvalue weighted by Gasteiger charge is 2.46. The van der Waals surface area contributed by atoms with Gasteiger partial charge in [0.15, 0.2) is 11.5 Å². The smallest absolute Gasteiger partial charge is 0.295 e. The first-order valence-corrected chi connectivity index (χ1v) is 11.9. The van der Waals surface area contributed by atoms with Crippen LogP contribution in [0.2, 0.25) is 0 Å². The number of Topliss-reactive ketones (excluding diaryl/α,β-unsaturated/α-hetero) is 1. The van der Waals surface area contributed by atoms with Crippen LogP contribution >= 0.6 is 0 Å². The molecule has 0 radical (unpaired) electrons. The molecule has 0 saturated carbocycles. The molecule has 0 bridgehead atoms. The van der Waals surface area contributed by atoms with Gasteiger partial charge in [0.05, 0.1) is 31.4 Å². The van der Waals surface area contributed by atoms with E-state index in [0.29, 0.717) is 61.3 Å². The van der Waals surface area contributed by atoms with Crippen LogP contribution in [-0.4, -0.2) is 73.6 Å². The zero-order chi connectivity index (χ0) is 25.5. The molecule has 1 aliphatic heterocycles. The molecule has 1 heterocycles. The summed E-state index contributed by atoms with van der Waals surface area (Å²) >= 11 is 0. The molecule has 0 aliphatic carbocycles. The van der Waals surface area contributed by atoms with Gasteiger partial charge in [-0.25, -0.2) is 0 Å². The van der Waals surface area contributed by atoms with Crippen molar-refractivity contribution in [3.05, 3.63) is 59.2 Å². The number of likely N-dealkylation sites (N-methyl/N-ethyl adjacent to an activating group) is 1. The summed E-state index contributed by atoms with van der Waals surface area (Å²) in [7, 11) is 3.80. The van der Waals surface area contributed by atoms with Crippen LogP contribution in [0.5, 0.6) is 17.2 Å². The molecule has 1 atom stereocenters. The van der Waals surface area contributed by atoms with Gasteiger partial charge in [0.25, 0.3) is 11.7 Å². The minimum absolute atomic E-state index is 0.0361. The van der Waals surface area contributed by atoms with Gasteiger partial charge in [-0.2, -0.15) is 0 Å². The third kappa shape index (κ3) is 5.77. The number of ether oxygens (including phenoxy) is 3. The maximum atomic E-state index is 13.2. The minimum Gasteiger partial charge on any atom is -0.507 e. The minimum atomic E-state index is -0.777. The van der Waals surface area contributed by atoms with Gasteiger partial charge < -0.3 is 29.1 Å². The molecule has 1 unspecified atom stereocenters. The second-order valence-corrected chi connectivity index (χ2v) is 8.33. The number of aliphatic hydroxyl groups is 1. The lowest BCUT2D eigenvalue weighted by molar-refractivity contribution is -0.140. The fourth-order valence-electron chi connectivity index (χ4n) is 4.06. The van der Waals surface area contributed by atoms with E-state index >= 15 is 0 Å². The van der Waals surface area contributed by atoms with Crippen molar-refractivity contribution in [3.63, 3.8) is 0 Å². The standard InChI is InChI=1S/C27H34N2O6/c1-6-33-20-11-9-10-19(16-20)25(30)23-24(29(15-14-28(4)5)27(32)26(23)31)18-12-13-21(34-7-2)22(17-18)35-8-3/h9-13,16-17,24,30H,6-8,14-15H2,1-5H3/b25-23-. The van der Waals surface area contributed by atoms with Gasteiger partial charge in [0.1, 0.15) is 11.5 Å². The maximum absolute atomic E-state index is 13.2. The molecule has 0 spiro atoms. The third-order valence-electron chi connectivity index (χ3n) is 5.63. The Morgan fingerprint density at radius 1 is 0.943 bits per heavy atom. The normalized spacial score (nSPS) is 17.2. The summed E-state index contributed by atoms with van der Waals surface area (Å²) in [5.41, 5.74) is 1.09. The first-order valence-electron chi connectivity index (χ1n) is 11.9. The Labute approximate surface area is 206 Å². The summed E-state index contributed by atoms with van der Waals surface area (Å²) in [4.78, 5) is 29.8. The first kappa shape index (κ1) is 26.1. The molecule has 0 aromatic heterocycles. The van der Waals surface area contributed by atoms with Crippen molar-refractivity contribution in [1.29, 1.82) is 0 Å². The Morgan fingerprint density at radius 2 is 1.63 bits per heavy atom. The van der Waals surface area contributed by atoms with Crippen molar-refractivity contribution >= 4 is 17.4 Å². The molecule has 2 aromatic rings. The molecule has 1 saturated heterocycles. The fraction of sp³-hybridized carbons (Fsp3) is 0.407. The van der Waals surface area contributed by atoms with E-state index in [1.807, 2.05) is 39.8 Å². The van der Waals surface area contributed by atoms with Crippen molar-refractivity contribution in [3.8, 4) is 17.2 Å². The molecule has 8 heteroatoms. The second-order valence-electron chi connectivity index (χ2n) is 8.33. The maximum Gasteiger partial charge on any atom is 0.295 e. The molecule has 2 aromatic carbocycles. The van der Waals surface area contributed by atoms with E-state index in [4.69, 9.17) is 14.2 Å². The number of carbonyl (C=O) groups excluding carboxylic acids is 2. The van der Waals surface area contributed by atoms with Crippen LogP contribution in [0.25, 0.3) is 5.76 Å². The van der Waals surface area contributed by atoms with Crippen molar-refractivity contribution in [2.45, 2.75) is 26.8 Å². The monoisotopic (exact) mass is 482 g/mol. The first-order chi connectivity index (χ1) is 16.8. The number of amides is 1. The topological polar surface area (TPSA) is 88.5 Å². The van der Waals surface area contributed by atoms with Crippen LogP contribution in [0.1, 0.15) is 37.9 Å². The largest absolute Gasteiger partial charge is 0.507 e. The van der Waals surface area contributed by atoms with Gasteiger partial charge in [-0.1, -0.05) is 18.2 Å². The quantitative estimate of drug-likeness (QED) is 0.296. The molecular weight excluding hydrogens is 448 g/mol. The number of nitrogens with zero attached hydrogens (tertiary/aromatic N) is 2. The van der Waals surface area contributed by atoms with E-state index in [2.05, 4.69) is 0 Å². The fourth-order valence-corrected chi connectivity index (χ4v) is 4.06. The Hall–Kier alpha value is -3.52. The van der Waals surface area contributed by atoms with Crippen molar-refractivity contribution in [1.82, 2.24) is 9.80 Å². The van der Waals surface area contributed by atoms with E-state index in [-0.39, 0.29) is 11.3 Å². The zero-order valence-corrected chi connectivity index (χ0v) is 21.0. The van der Waals surface area contributed by atoms with Crippen LogP contribution < -0.4 is 14.2 Å².